The molecule has 0 amide bonds. The van der Waals surface area contributed by atoms with Gasteiger partial charge in [0.25, 0.3) is 0 Å². The van der Waals surface area contributed by atoms with Crippen LogP contribution in [0.1, 0.15) is 77.6 Å². The van der Waals surface area contributed by atoms with E-state index < -0.39 is 0 Å². The number of likely N-dealkylation sites (N-methyl/N-ethyl adjacent to an activating group) is 2. The van der Waals surface area contributed by atoms with Gasteiger partial charge in [-0.3, -0.25) is 9.59 Å². The van der Waals surface area contributed by atoms with Gasteiger partial charge in [0.1, 0.15) is 17.9 Å². The van der Waals surface area contributed by atoms with E-state index in [4.69, 9.17) is 52.1 Å². The zero-order chi connectivity index (χ0) is 49.9. The SMILES string of the molecule is COc1ccc(CC2c3c(cc(OC)c(OC)c3OC)CC[N+]2(C)CCCOC(=O)CCC(=O)CCC[N+]2(C)CCc3cc(OC)c(OC)c(OC)c3C2Cc2ccc(OC)c(OC)c2)cc1OC.[Cl-].[Cl-]. The fourth-order valence-electron chi connectivity index (χ4n) is 10.6. The van der Waals surface area contributed by atoms with E-state index in [0.717, 1.165) is 72.4 Å². The molecule has 0 N–H and O–H groups in total. The van der Waals surface area contributed by atoms with Crippen molar-refractivity contribution in [3.63, 3.8) is 0 Å². The van der Waals surface area contributed by atoms with Gasteiger partial charge in [0.2, 0.25) is 11.5 Å². The molecule has 15 nitrogen and oxygen atoms in total. The lowest BCUT2D eigenvalue weighted by Crippen LogP contribution is -3.00. The maximum absolute atomic E-state index is 13.4. The third kappa shape index (κ3) is 12.8. The van der Waals surface area contributed by atoms with E-state index in [1.54, 1.807) is 71.1 Å². The zero-order valence-corrected chi connectivity index (χ0v) is 45.1. The second kappa shape index (κ2) is 26.3. The Morgan fingerprint density at radius 3 is 1.28 bits per heavy atom. The van der Waals surface area contributed by atoms with E-state index in [0.29, 0.717) is 98.6 Å². The zero-order valence-electron chi connectivity index (χ0n) is 43.6. The first-order valence-corrected chi connectivity index (χ1v) is 23.7. The number of methoxy groups -OCH3 is 10. The number of halogens is 2. The normalized spacial score (nSPS) is 18.8. The van der Waals surface area contributed by atoms with E-state index >= 15 is 0 Å². The number of ether oxygens (including phenoxy) is 11. The van der Waals surface area contributed by atoms with Crippen molar-refractivity contribution >= 4 is 11.8 Å². The number of rotatable bonds is 25. The fraction of sp³-hybridized carbons (Fsp3) is 0.519. The van der Waals surface area contributed by atoms with Crippen LogP contribution in [0, 0.1) is 0 Å². The van der Waals surface area contributed by atoms with Crippen LogP contribution in [-0.2, 0) is 40.0 Å². The highest BCUT2D eigenvalue weighted by molar-refractivity contribution is 5.82. The molecule has 0 spiro atoms. The van der Waals surface area contributed by atoms with Crippen LogP contribution >= 0.6 is 0 Å². The van der Waals surface area contributed by atoms with E-state index in [-0.39, 0.29) is 68.1 Å². The predicted molar refractivity (Wildman–Crippen MR) is 262 cm³/mol. The molecule has 71 heavy (non-hydrogen) atoms. The molecule has 17 heteroatoms. The summed E-state index contributed by atoms with van der Waals surface area (Å²) in [4.78, 5) is 26.5. The van der Waals surface area contributed by atoms with E-state index in [1.165, 1.54) is 0 Å². The van der Waals surface area contributed by atoms with E-state index in [1.807, 2.05) is 24.3 Å². The second-order valence-electron chi connectivity index (χ2n) is 18.3. The largest absolute Gasteiger partial charge is 1.00 e. The van der Waals surface area contributed by atoms with Crippen LogP contribution in [0.4, 0.5) is 0 Å². The van der Waals surface area contributed by atoms with Gasteiger partial charge in [-0.2, -0.15) is 0 Å². The number of esters is 1. The summed E-state index contributed by atoms with van der Waals surface area (Å²) in [7, 11) is 20.9. The topological polar surface area (TPSA) is 136 Å². The van der Waals surface area contributed by atoms with E-state index in [2.05, 4.69) is 38.4 Å². The van der Waals surface area contributed by atoms with Crippen LogP contribution in [-0.4, -0.2) is 139 Å². The van der Waals surface area contributed by atoms with Gasteiger partial charge < -0.3 is 85.9 Å². The highest BCUT2D eigenvalue weighted by atomic mass is 35.5. The first-order valence-electron chi connectivity index (χ1n) is 23.7. The molecule has 4 aromatic rings. The predicted octanol–water partition coefficient (Wildman–Crippen LogP) is 2.12. The summed E-state index contributed by atoms with van der Waals surface area (Å²) in [6.45, 7) is 3.43. The third-order valence-electron chi connectivity index (χ3n) is 14.4. The van der Waals surface area contributed by atoms with Crippen molar-refractivity contribution in [1.29, 1.82) is 0 Å². The van der Waals surface area contributed by atoms with Crippen molar-refractivity contribution in [3.05, 3.63) is 81.9 Å². The molecule has 4 aromatic carbocycles. The van der Waals surface area contributed by atoms with Crippen molar-refractivity contribution < 1.29 is 95.5 Å². The van der Waals surface area contributed by atoms with Crippen molar-refractivity contribution in [1.82, 2.24) is 0 Å². The number of benzene rings is 4. The van der Waals surface area contributed by atoms with Gasteiger partial charge in [-0.1, -0.05) is 12.1 Å². The van der Waals surface area contributed by atoms with Crippen LogP contribution in [0.3, 0.4) is 0 Å². The number of Topliss-reactive ketones (excluding diaryl/α,β-unsaturated/α-hetero) is 1. The molecule has 0 aromatic heterocycles. The summed E-state index contributed by atoms with van der Waals surface area (Å²) in [5, 5.41) is 0. The Hall–Kier alpha value is -5.48. The van der Waals surface area contributed by atoms with Crippen LogP contribution < -0.4 is 72.2 Å². The van der Waals surface area contributed by atoms with Crippen LogP contribution in [0.15, 0.2) is 48.5 Å². The minimum Gasteiger partial charge on any atom is -1.00 e. The minimum absolute atomic E-state index is 0. The number of hydrogen-bond donors (Lipinski definition) is 0. The summed E-state index contributed by atoms with van der Waals surface area (Å²) in [6, 6.07) is 16.1. The lowest BCUT2D eigenvalue weighted by molar-refractivity contribution is -0.941. The van der Waals surface area contributed by atoms with Crippen LogP contribution in [0.2, 0.25) is 0 Å². The summed E-state index contributed by atoms with van der Waals surface area (Å²) >= 11 is 0. The van der Waals surface area contributed by atoms with Crippen molar-refractivity contribution in [2.45, 2.75) is 69.9 Å². The van der Waals surface area contributed by atoms with Gasteiger partial charge in [-0.05, 0) is 58.7 Å². The van der Waals surface area contributed by atoms with Gasteiger partial charge in [-0.15, -0.1) is 0 Å². The molecular weight excluding hydrogens is 956 g/mol. The van der Waals surface area contributed by atoms with Gasteiger partial charge in [0.15, 0.2) is 46.0 Å². The highest BCUT2D eigenvalue weighted by Gasteiger charge is 2.44. The summed E-state index contributed by atoms with van der Waals surface area (Å²) < 4.78 is 64.9. The molecule has 2 aliphatic heterocycles. The monoisotopic (exact) mass is 1030 g/mol. The molecule has 6 rings (SSSR count). The smallest absolute Gasteiger partial charge is 0.306 e. The lowest BCUT2D eigenvalue weighted by atomic mass is 9.85. The molecule has 2 aliphatic rings. The van der Waals surface area contributed by atoms with Gasteiger partial charge in [-0.25, -0.2) is 0 Å². The molecule has 0 saturated carbocycles. The average molecular weight is 1030 g/mol. The Morgan fingerprint density at radius 2 is 0.887 bits per heavy atom. The van der Waals surface area contributed by atoms with Crippen LogP contribution in [0.25, 0.3) is 0 Å². The summed E-state index contributed by atoms with van der Waals surface area (Å²) in [5.41, 5.74) is 6.60. The quantitative estimate of drug-likeness (QED) is 0.0546. The van der Waals surface area contributed by atoms with Crippen molar-refractivity contribution in [2.75, 3.05) is 118 Å². The lowest BCUT2D eigenvalue weighted by Gasteiger charge is -2.46. The molecule has 4 atom stereocenters. The van der Waals surface area contributed by atoms with Gasteiger partial charge >= 0.3 is 5.97 Å². The fourth-order valence-corrected chi connectivity index (χ4v) is 10.6. The number of nitrogens with zero attached hydrogens (tertiary/aromatic N) is 2. The Kier molecular flexibility index (Phi) is 21.5. The van der Waals surface area contributed by atoms with E-state index in [9.17, 15) is 9.59 Å². The van der Waals surface area contributed by atoms with Crippen molar-refractivity contribution in [3.8, 4) is 57.5 Å². The number of fused-ring (bicyclic) bond motifs is 2. The molecule has 0 fully saturated rings. The number of carbonyl (C=O) groups excluding carboxylic acids is 2. The Balaban J connectivity index is 0.00000548. The molecule has 2 heterocycles. The second-order valence-corrected chi connectivity index (χ2v) is 18.3. The number of ketones is 1. The molecule has 392 valence electrons. The Morgan fingerprint density at radius 1 is 0.479 bits per heavy atom. The average Bonchev–Trinajstić information content (AvgIpc) is 3.37. The van der Waals surface area contributed by atoms with Crippen LogP contribution in [0.5, 0.6) is 57.5 Å². The summed E-state index contributed by atoms with van der Waals surface area (Å²) in [5.74, 6) is 6.00. The molecule has 0 saturated heterocycles. The molecule has 0 radical (unpaired) electrons. The number of hydrogen-bond acceptors (Lipinski definition) is 13. The first-order chi connectivity index (χ1) is 33.3. The van der Waals surface area contributed by atoms with Gasteiger partial charge in [0, 0.05) is 51.4 Å². The number of carbonyl (C=O) groups is 2. The third-order valence-corrected chi connectivity index (χ3v) is 14.4. The molecule has 0 bridgehead atoms. The Labute approximate surface area is 432 Å². The highest BCUT2D eigenvalue weighted by Crippen LogP contribution is 2.52. The number of quaternary nitrogens is 2. The minimum atomic E-state index is -0.367. The first kappa shape index (κ1) is 58.1. The maximum atomic E-state index is 13.4. The maximum Gasteiger partial charge on any atom is 0.306 e. The Bertz CT molecular complexity index is 2440. The molecule has 4 unspecified atom stereocenters. The summed E-state index contributed by atoms with van der Waals surface area (Å²) in [6.07, 6.45) is 4.79. The van der Waals surface area contributed by atoms with Crippen molar-refractivity contribution in [2.24, 2.45) is 0 Å². The standard InChI is InChI=1S/C54H74N2O13.2ClH/c1-55(26-22-37-33-46(63-7)51(65-9)53(67-11)49(37)40(55)29-35-16-19-42(59-3)44(31-35)61-5)24-13-15-39(57)18-21-48(58)69-28-14-25-56(2)27-23-38-34-47(64-8)52(66-10)54(68-12)50(38)41(56)30-36-17-20-43(60-4)45(32-36)62-6;;/h16-17,19-20,31-34,40-41H,13-15,18,21-30H2,1-12H3;2*1H/q+2;;/p-2. The van der Waals surface area contributed by atoms with Gasteiger partial charge in [0.05, 0.1) is 136 Å². The molecular formula is C54H74Cl2N2O13. The molecule has 0 aliphatic carbocycles.